The third-order valence-corrected chi connectivity index (χ3v) is 5.73. The molecule has 2 fully saturated rings. The molecule has 2 aliphatic carbocycles. The molecule has 2 aromatic heterocycles. The first kappa shape index (κ1) is 19.6. The maximum absolute atomic E-state index is 12.5. The molecule has 4 rings (SSSR count). The Balaban J connectivity index is 1.31. The third-order valence-electron chi connectivity index (χ3n) is 5.73. The number of amides is 1. The highest BCUT2D eigenvalue weighted by molar-refractivity contribution is 5.94. The van der Waals surface area contributed by atoms with Gasteiger partial charge in [0.15, 0.2) is 5.82 Å². The fraction of sp³-hybridized carbons (Fsp3) is 0.524. The van der Waals surface area contributed by atoms with Crippen molar-refractivity contribution in [3.8, 4) is 5.82 Å². The van der Waals surface area contributed by atoms with E-state index in [4.69, 9.17) is 5.11 Å². The molecular weight excluding hydrogens is 370 g/mol. The van der Waals surface area contributed by atoms with Crippen LogP contribution in [0.3, 0.4) is 0 Å². The van der Waals surface area contributed by atoms with Gasteiger partial charge in [0, 0.05) is 30.5 Å². The Morgan fingerprint density at radius 3 is 2.59 bits per heavy atom. The Kier molecular flexibility index (Phi) is 5.36. The van der Waals surface area contributed by atoms with Gasteiger partial charge in [0.2, 0.25) is 0 Å². The van der Waals surface area contributed by atoms with Crippen molar-refractivity contribution < 1.29 is 14.7 Å². The number of pyridine rings is 1. The minimum absolute atomic E-state index is 0.0821. The van der Waals surface area contributed by atoms with Crippen LogP contribution in [0.2, 0.25) is 0 Å². The number of carboxylic acids is 1. The maximum atomic E-state index is 12.5. The van der Waals surface area contributed by atoms with Crippen molar-refractivity contribution in [3.05, 3.63) is 41.3 Å². The first-order chi connectivity index (χ1) is 13.9. The van der Waals surface area contributed by atoms with Gasteiger partial charge in [-0.1, -0.05) is 0 Å². The van der Waals surface area contributed by atoms with Crippen LogP contribution in [-0.4, -0.2) is 61.8 Å². The van der Waals surface area contributed by atoms with E-state index in [0.717, 1.165) is 30.8 Å². The fourth-order valence-electron chi connectivity index (χ4n) is 3.93. The number of rotatable bonds is 8. The summed E-state index contributed by atoms with van der Waals surface area (Å²) in [7, 11) is 0. The van der Waals surface area contributed by atoms with Gasteiger partial charge in [-0.05, 0) is 63.6 Å². The first-order valence-corrected chi connectivity index (χ1v) is 10.2. The Hall–Kier alpha value is -2.74. The second kappa shape index (κ2) is 7.94. The maximum Gasteiger partial charge on any atom is 0.317 e. The number of carbonyl (C=O) groups excluding carboxylic acids is 1. The summed E-state index contributed by atoms with van der Waals surface area (Å²) < 4.78 is 1.75. The fourth-order valence-corrected chi connectivity index (χ4v) is 3.93. The lowest BCUT2D eigenvalue weighted by Gasteiger charge is -2.42. The number of nitrogens with zero attached hydrogens (tertiary/aromatic N) is 4. The molecule has 0 radical (unpaired) electrons. The van der Waals surface area contributed by atoms with Crippen LogP contribution in [0.5, 0.6) is 0 Å². The highest BCUT2D eigenvalue weighted by Gasteiger charge is 2.37. The molecule has 154 valence electrons. The lowest BCUT2D eigenvalue weighted by molar-refractivity contribution is -0.139. The molecule has 0 unspecified atom stereocenters. The monoisotopic (exact) mass is 397 g/mol. The molecule has 8 heteroatoms. The third kappa shape index (κ3) is 4.64. The number of nitrogens with one attached hydrogen (secondary N) is 1. The van der Waals surface area contributed by atoms with E-state index in [9.17, 15) is 9.59 Å². The molecule has 29 heavy (non-hydrogen) atoms. The predicted molar refractivity (Wildman–Crippen MR) is 107 cm³/mol. The average Bonchev–Trinajstić information content (AvgIpc) is 3.39. The summed E-state index contributed by atoms with van der Waals surface area (Å²) >= 11 is 0. The van der Waals surface area contributed by atoms with Crippen molar-refractivity contribution in [1.29, 1.82) is 0 Å². The van der Waals surface area contributed by atoms with E-state index < -0.39 is 5.97 Å². The Morgan fingerprint density at radius 1 is 1.28 bits per heavy atom. The summed E-state index contributed by atoms with van der Waals surface area (Å²) in [6, 6.07) is 5.85. The molecule has 0 aliphatic heterocycles. The summed E-state index contributed by atoms with van der Waals surface area (Å²) in [6.45, 7) is 4.83. The SMILES string of the molecule is Cc1cc(C)n(-c2ccc(C(=O)NC3CC(N(CC(=O)O)CC4CC4)C3)cn2)n1. The van der Waals surface area contributed by atoms with E-state index in [-0.39, 0.29) is 24.5 Å². The van der Waals surface area contributed by atoms with Gasteiger partial charge in [-0.15, -0.1) is 0 Å². The van der Waals surface area contributed by atoms with Gasteiger partial charge in [-0.25, -0.2) is 9.67 Å². The van der Waals surface area contributed by atoms with Gasteiger partial charge in [0.1, 0.15) is 0 Å². The van der Waals surface area contributed by atoms with Crippen molar-refractivity contribution >= 4 is 11.9 Å². The van der Waals surface area contributed by atoms with Crippen LogP contribution in [0.15, 0.2) is 24.4 Å². The van der Waals surface area contributed by atoms with Crippen LogP contribution in [0, 0.1) is 19.8 Å². The van der Waals surface area contributed by atoms with Gasteiger partial charge in [0.05, 0.1) is 17.8 Å². The second-order valence-corrected chi connectivity index (χ2v) is 8.31. The van der Waals surface area contributed by atoms with Crippen LogP contribution in [0.25, 0.3) is 5.82 Å². The zero-order valence-electron chi connectivity index (χ0n) is 16.8. The highest BCUT2D eigenvalue weighted by Crippen LogP contribution is 2.33. The van der Waals surface area contributed by atoms with Gasteiger partial charge >= 0.3 is 5.97 Å². The van der Waals surface area contributed by atoms with Crippen molar-refractivity contribution in [2.24, 2.45) is 5.92 Å². The Bertz CT molecular complexity index is 898. The van der Waals surface area contributed by atoms with Crippen LogP contribution in [0.1, 0.15) is 47.4 Å². The van der Waals surface area contributed by atoms with E-state index in [1.165, 1.54) is 12.8 Å². The summed E-state index contributed by atoms with van der Waals surface area (Å²) in [4.78, 5) is 30.1. The van der Waals surface area contributed by atoms with E-state index in [0.29, 0.717) is 17.3 Å². The molecule has 0 aromatic carbocycles. The van der Waals surface area contributed by atoms with Crippen molar-refractivity contribution in [2.75, 3.05) is 13.1 Å². The Labute approximate surface area is 169 Å². The van der Waals surface area contributed by atoms with Crippen LogP contribution < -0.4 is 5.32 Å². The second-order valence-electron chi connectivity index (χ2n) is 8.31. The van der Waals surface area contributed by atoms with Gasteiger partial charge in [0.25, 0.3) is 5.91 Å². The molecule has 0 atom stereocenters. The minimum Gasteiger partial charge on any atom is -0.480 e. The number of hydrogen-bond acceptors (Lipinski definition) is 5. The molecule has 0 spiro atoms. The number of aryl methyl sites for hydroxylation is 2. The average molecular weight is 397 g/mol. The largest absolute Gasteiger partial charge is 0.480 e. The zero-order valence-corrected chi connectivity index (χ0v) is 16.8. The Morgan fingerprint density at radius 2 is 2.03 bits per heavy atom. The number of carbonyl (C=O) groups is 2. The number of aliphatic carboxylic acids is 1. The van der Waals surface area contributed by atoms with Crippen molar-refractivity contribution in [2.45, 2.75) is 51.6 Å². The summed E-state index contributed by atoms with van der Waals surface area (Å²) in [5, 5.41) is 16.6. The summed E-state index contributed by atoms with van der Waals surface area (Å²) in [6.07, 6.45) is 5.56. The van der Waals surface area contributed by atoms with Gasteiger partial charge in [-0.3, -0.25) is 14.5 Å². The summed E-state index contributed by atoms with van der Waals surface area (Å²) in [5.41, 5.74) is 2.42. The van der Waals surface area contributed by atoms with E-state index in [1.807, 2.05) is 19.9 Å². The summed E-state index contributed by atoms with van der Waals surface area (Å²) in [5.74, 6) is 0.398. The topological polar surface area (TPSA) is 100 Å². The lowest BCUT2D eigenvalue weighted by atomic mass is 9.85. The van der Waals surface area contributed by atoms with Crippen LogP contribution >= 0.6 is 0 Å². The number of hydrogen-bond donors (Lipinski definition) is 2. The van der Waals surface area contributed by atoms with Crippen molar-refractivity contribution in [1.82, 2.24) is 25.0 Å². The molecule has 0 bridgehead atoms. The van der Waals surface area contributed by atoms with E-state index in [1.54, 1.807) is 23.0 Å². The molecule has 2 aliphatic rings. The van der Waals surface area contributed by atoms with Crippen LogP contribution in [-0.2, 0) is 4.79 Å². The van der Waals surface area contributed by atoms with Crippen molar-refractivity contribution in [3.63, 3.8) is 0 Å². The molecule has 2 aromatic rings. The van der Waals surface area contributed by atoms with Gasteiger partial charge in [-0.2, -0.15) is 5.10 Å². The molecule has 0 saturated heterocycles. The minimum atomic E-state index is -0.785. The molecule has 2 heterocycles. The highest BCUT2D eigenvalue weighted by atomic mass is 16.4. The smallest absolute Gasteiger partial charge is 0.317 e. The van der Waals surface area contributed by atoms with Crippen LogP contribution in [0.4, 0.5) is 0 Å². The van der Waals surface area contributed by atoms with Gasteiger partial charge < -0.3 is 10.4 Å². The molecule has 2 saturated carbocycles. The standard InChI is InChI=1S/C21H27N5O3/c1-13-7-14(2)26(24-13)19-6-5-16(10-22-19)21(29)23-17-8-18(9-17)25(12-20(27)28)11-15-3-4-15/h5-7,10,15,17-18H,3-4,8-9,11-12H2,1-2H3,(H,23,29)(H,27,28). The zero-order chi connectivity index (χ0) is 20.5. The predicted octanol–water partition coefficient (Wildman–Crippen LogP) is 1.94. The quantitative estimate of drug-likeness (QED) is 0.706. The molecule has 1 amide bonds. The number of carboxylic acid groups (broad SMARTS) is 1. The molecule has 2 N–H and O–H groups in total. The molecular formula is C21H27N5O3. The lowest BCUT2D eigenvalue weighted by Crippen LogP contribution is -2.55. The van der Waals surface area contributed by atoms with E-state index in [2.05, 4.69) is 20.3 Å². The normalized spacial score (nSPS) is 21.1. The first-order valence-electron chi connectivity index (χ1n) is 10.2. The van der Waals surface area contributed by atoms with E-state index >= 15 is 0 Å². The molecule has 8 nitrogen and oxygen atoms in total. The number of aromatic nitrogens is 3.